The number of hydrogen-bond donors (Lipinski definition) is 0. The van der Waals surface area contributed by atoms with E-state index in [0.29, 0.717) is 0 Å². The van der Waals surface area contributed by atoms with Crippen molar-refractivity contribution < 1.29 is 0 Å². The molecule has 72 valence electrons. The van der Waals surface area contributed by atoms with E-state index < -0.39 is 0 Å². The summed E-state index contributed by atoms with van der Waals surface area (Å²) in [7, 11) is 0. The Kier molecular flexibility index (Phi) is 2.47. The van der Waals surface area contributed by atoms with Crippen LogP contribution in [0, 0.1) is 0 Å². The number of halogens is 1. The van der Waals surface area contributed by atoms with E-state index in [9.17, 15) is 0 Å². The molecule has 1 atom stereocenters. The Labute approximate surface area is 89.9 Å². The van der Waals surface area contributed by atoms with Gasteiger partial charge in [-0.25, -0.2) is 0 Å². The highest BCUT2D eigenvalue weighted by atomic mass is 35.5. The van der Waals surface area contributed by atoms with Gasteiger partial charge in [-0.3, -0.25) is 0 Å². The zero-order valence-corrected chi connectivity index (χ0v) is 8.96. The summed E-state index contributed by atoms with van der Waals surface area (Å²) in [6, 6.07) is 8.07. The Morgan fingerprint density at radius 1 is 1.21 bits per heavy atom. The second-order valence-electron chi connectivity index (χ2n) is 3.89. The predicted molar refractivity (Wildman–Crippen MR) is 61.7 cm³/mol. The van der Waals surface area contributed by atoms with E-state index >= 15 is 0 Å². The van der Waals surface area contributed by atoms with E-state index in [2.05, 4.69) is 37.3 Å². The van der Waals surface area contributed by atoms with Crippen LogP contribution in [0.15, 0.2) is 48.6 Å². The average molecular weight is 205 g/mol. The highest BCUT2D eigenvalue weighted by molar-refractivity contribution is 6.31. The zero-order chi connectivity index (χ0) is 10.0. The quantitative estimate of drug-likeness (QED) is 0.646. The van der Waals surface area contributed by atoms with Gasteiger partial charge in [0, 0.05) is 10.4 Å². The van der Waals surface area contributed by atoms with Crippen LogP contribution in [0.4, 0.5) is 0 Å². The van der Waals surface area contributed by atoms with Crippen LogP contribution in [0.5, 0.6) is 0 Å². The fourth-order valence-corrected chi connectivity index (χ4v) is 2.20. The highest BCUT2D eigenvalue weighted by Crippen LogP contribution is 2.35. The van der Waals surface area contributed by atoms with Crippen molar-refractivity contribution in [2.75, 3.05) is 0 Å². The summed E-state index contributed by atoms with van der Waals surface area (Å²) in [4.78, 5) is 0. The van der Waals surface area contributed by atoms with E-state index in [0.717, 1.165) is 11.4 Å². The summed E-state index contributed by atoms with van der Waals surface area (Å²) in [6.45, 7) is 2.22. The van der Waals surface area contributed by atoms with Crippen molar-refractivity contribution in [2.24, 2.45) is 0 Å². The van der Waals surface area contributed by atoms with Crippen molar-refractivity contribution in [3.8, 4) is 0 Å². The molecule has 0 N–H and O–H groups in total. The lowest BCUT2D eigenvalue weighted by atomic mass is 9.77. The predicted octanol–water partition coefficient (Wildman–Crippen LogP) is 4.11. The standard InChI is InChI=1S/C13H13Cl/c1-13(9-5-2-6-10-13)11-7-3-4-8-12(11)14/h2-9H,10H2,1H3. The number of allylic oxidation sites excluding steroid dienone is 4. The Bertz CT molecular complexity index is 390. The molecule has 0 bridgehead atoms. The van der Waals surface area contributed by atoms with Crippen LogP contribution in [0.3, 0.4) is 0 Å². The average Bonchev–Trinajstić information content (AvgIpc) is 2.19. The van der Waals surface area contributed by atoms with Gasteiger partial charge in [0.05, 0.1) is 0 Å². The molecule has 1 heteroatoms. The van der Waals surface area contributed by atoms with E-state index in [1.165, 1.54) is 5.56 Å². The van der Waals surface area contributed by atoms with Gasteiger partial charge in [0.2, 0.25) is 0 Å². The van der Waals surface area contributed by atoms with Crippen molar-refractivity contribution in [2.45, 2.75) is 18.8 Å². The molecule has 0 aliphatic heterocycles. The zero-order valence-electron chi connectivity index (χ0n) is 8.20. The SMILES string of the molecule is CC1(c2ccccc2Cl)C=CC=CC1. The molecule has 1 unspecified atom stereocenters. The monoisotopic (exact) mass is 204 g/mol. The highest BCUT2D eigenvalue weighted by Gasteiger charge is 2.25. The molecule has 0 amide bonds. The Morgan fingerprint density at radius 2 is 2.00 bits per heavy atom. The summed E-state index contributed by atoms with van der Waals surface area (Å²) < 4.78 is 0. The largest absolute Gasteiger partial charge is 0.0840 e. The Hall–Kier alpha value is -1.01. The van der Waals surface area contributed by atoms with E-state index in [1.807, 2.05) is 18.2 Å². The molecule has 0 radical (unpaired) electrons. The topological polar surface area (TPSA) is 0 Å². The molecule has 2 rings (SSSR count). The molecule has 1 aliphatic carbocycles. The Morgan fingerprint density at radius 3 is 2.64 bits per heavy atom. The van der Waals surface area contributed by atoms with E-state index in [4.69, 9.17) is 11.6 Å². The van der Waals surface area contributed by atoms with Gasteiger partial charge in [0.15, 0.2) is 0 Å². The van der Waals surface area contributed by atoms with Gasteiger partial charge in [-0.05, 0) is 18.1 Å². The van der Waals surface area contributed by atoms with Gasteiger partial charge < -0.3 is 0 Å². The molecule has 1 aromatic rings. The van der Waals surface area contributed by atoms with Gasteiger partial charge in [0.25, 0.3) is 0 Å². The van der Waals surface area contributed by atoms with Crippen molar-refractivity contribution >= 4 is 11.6 Å². The maximum absolute atomic E-state index is 6.19. The lowest BCUT2D eigenvalue weighted by Gasteiger charge is -2.27. The third-order valence-electron chi connectivity index (χ3n) is 2.74. The Balaban J connectivity index is 2.44. The number of benzene rings is 1. The molecule has 1 aromatic carbocycles. The fraction of sp³-hybridized carbons (Fsp3) is 0.231. The normalized spacial score (nSPS) is 25.3. The van der Waals surface area contributed by atoms with Gasteiger partial charge in [-0.2, -0.15) is 0 Å². The molecule has 14 heavy (non-hydrogen) atoms. The summed E-state index contributed by atoms with van der Waals surface area (Å²) >= 11 is 6.19. The first kappa shape index (κ1) is 9.54. The van der Waals surface area contributed by atoms with Crippen molar-refractivity contribution in [1.29, 1.82) is 0 Å². The van der Waals surface area contributed by atoms with Crippen LogP contribution in [0.2, 0.25) is 5.02 Å². The molecule has 0 spiro atoms. The van der Waals surface area contributed by atoms with Crippen LogP contribution in [-0.2, 0) is 5.41 Å². The molecule has 0 saturated carbocycles. The lowest BCUT2D eigenvalue weighted by Crippen LogP contribution is -2.19. The molecule has 0 heterocycles. The summed E-state index contributed by atoms with van der Waals surface area (Å²) in [5.74, 6) is 0. The van der Waals surface area contributed by atoms with Gasteiger partial charge in [0.1, 0.15) is 0 Å². The van der Waals surface area contributed by atoms with Crippen molar-refractivity contribution in [1.82, 2.24) is 0 Å². The maximum Gasteiger partial charge on any atom is 0.0446 e. The second kappa shape index (κ2) is 3.62. The smallest absolute Gasteiger partial charge is 0.0446 e. The van der Waals surface area contributed by atoms with Crippen molar-refractivity contribution in [3.05, 3.63) is 59.2 Å². The first-order valence-electron chi connectivity index (χ1n) is 4.82. The van der Waals surface area contributed by atoms with Gasteiger partial charge in [-0.1, -0.05) is 61.0 Å². The lowest BCUT2D eigenvalue weighted by molar-refractivity contribution is 0.600. The molecule has 0 nitrogen and oxygen atoms in total. The van der Waals surface area contributed by atoms with Crippen molar-refractivity contribution in [3.63, 3.8) is 0 Å². The molecular formula is C13H13Cl. The minimum absolute atomic E-state index is 0.0626. The molecular weight excluding hydrogens is 192 g/mol. The van der Waals surface area contributed by atoms with Crippen LogP contribution in [-0.4, -0.2) is 0 Å². The summed E-state index contributed by atoms with van der Waals surface area (Å²) in [5, 5.41) is 0.856. The second-order valence-corrected chi connectivity index (χ2v) is 4.30. The summed E-state index contributed by atoms with van der Waals surface area (Å²) in [5.41, 5.74) is 1.27. The molecule has 0 fully saturated rings. The molecule has 0 aromatic heterocycles. The third-order valence-corrected chi connectivity index (χ3v) is 3.07. The first-order valence-corrected chi connectivity index (χ1v) is 5.19. The summed E-state index contributed by atoms with van der Waals surface area (Å²) in [6.07, 6.45) is 9.59. The number of hydrogen-bond acceptors (Lipinski definition) is 0. The molecule has 1 aliphatic rings. The minimum atomic E-state index is 0.0626. The third kappa shape index (κ3) is 1.62. The van der Waals surface area contributed by atoms with E-state index in [-0.39, 0.29) is 5.41 Å². The van der Waals surface area contributed by atoms with Crippen LogP contribution >= 0.6 is 11.6 Å². The van der Waals surface area contributed by atoms with E-state index in [1.54, 1.807) is 0 Å². The van der Waals surface area contributed by atoms with Crippen LogP contribution in [0.25, 0.3) is 0 Å². The molecule has 0 saturated heterocycles. The van der Waals surface area contributed by atoms with Gasteiger partial charge >= 0.3 is 0 Å². The van der Waals surface area contributed by atoms with Gasteiger partial charge in [-0.15, -0.1) is 0 Å². The first-order chi connectivity index (χ1) is 6.72. The van der Waals surface area contributed by atoms with Crippen LogP contribution in [0.1, 0.15) is 18.9 Å². The maximum atomic E-state index is 6.19. The minimum Gasteiger partial charge on any atom is -0.0840 e. The fourth-order valence-electron chi connectivity index (χ4n) is 1.85. The van der Waals surface area contributed by atoms with Crippen LogP contribution < -0.4 is 0 Å². The number of rotatable bonds is 1.